The highest BCUT2D eigenvalue weighted by Crippen LogP contribution is 2.68. The Balaban J connectivity index is 1.44. The Bertz CT molecular complexity index is 944. The van der Waals surface area contributed by atoms with Crippen LogP contribution in [-0.4, -0.2) is 41.7 Å². The van der Waals surface area contributed by atoms with Crippen molar-refractivity contribution in [2.75, 3.05) is 0 Å². The molecule has 4 fully saturated rings. The van der Waals surface area contributed by atoms with Gasteiger partial charge < -0.3 is 14.2 Å². The second-order valence-electron chi connectivity index (χ2n) is 14.1. The fourth-order valence-electron chi connectivity index (χ4n) is 9.94. The molecule has 1 heterocycles. The Morgan fingerprint density at radius 1 is 0.919 bits per heavy atom. The molecule has 5 aliphatic rings. The molecule has 0 spiro atoms. The van der Waals surface area contributed by atoms with Crippen LogP contribution in [0, 0.1) is 40.4 Å². The normalized spacial score (nSPS) is 46.2. The van der Waals surface area contributed by atoms with E-state index >= 15 is 0 Å². The zero-order valence-electron chi connectivity index (χ0n) is 24.2. The molecule has 0 saturated heterocycles. The van der Waals surface area contributed by atoms with E-state index in [-0.39, 0.29) is 46.6 Å². The van der Waals surface area contributed by atoms with E-state index in [0.29, 0.717) is 29.6 Å². The lowest BCUT2D eigenvalue weighted by atomic mass is 9.44. The molecule has 0 N–H and O–H groups in total. The van der Waals surface area contributed by atoms with Crippen molar-refractivity contribution in [3.8, 4) is 0 Å². The zero-order valence-corrected chi connectivity index (χ0v) is 24.2. The third-order valence-corrected chi connectivity index (χ3v) is 11.7. The van der Waals surface area contributed by atoms with Crippen molar-refractivity contribution in [1.82, 2.24) is 0 Å². The van der Waals surface area contributed by atoms with Gasteiger partial charge in [0.1, 0.15) is 18.3 Å². The van der Waals surface area contributed by atoms with Gasteiger partial charge in [-0.15, -0.1) is 0 Å². The summed E-state index contributed by atoms with van der Waals surface area (Å²) in [6.45, 7) is 14.6. The average molecular weight is 516 g/mol. The third-order valence-electron chi connectivity index (χ3n) is 11.7. The van der Waals surface area contributed by atoms with Crippen LogP contribution < -0.4 is 0 Å². The van der Waals surface area contributed by atoms with Crippen molar-refractivity contribution >= 4 is 17.8 Å². The lowest BCUT2D eigenvalue weighted by Crippen LogP contribution is -2.59. The molecule has 0 aromatic heterocycles. The molecule has 5 rings (SSSR count). The third kappa shape index (κ3) is 4.62. The molecule has 0 radical (unpaired) electrons. The molecule has 0 aromatic carbocycles. The first-order chi connectivity index (χ1) is 17.4. The number of esters is 2. The molecule has 1 aliphatic heterocycles. The highest BCUT2D eigenvalue weighted by Gasteiger charge is 2.67. The van der Waals surface area contributed by atoms with Crippen LogP contribution in [0.4, 0.5) is 0 Å². The molecule has 37 heavy (non-hydrogen) atoms. The summed E-state index contributed by atoms with van der Waals surface area (Å²) < 4.78 is 18.7. The van der Waals surface area contributed by atoms with Crippen molar-refractivity contribution in [2.45, 2.75) is 137 Å². The largest absolute Gasteiger partial charge is 0.477 e. The Labute approximate surface area is 223 Å². The number of aliphatic imine (C=N–C) groups is 1. The van der Waals surface area contributed by atoms with E-state index in [4.69, 9.17) is 19.2 Å². The number of hydrogen-bond donors (Lipinski definition) is 0. The number of hydrogen-bond acceptors (Lipinski definition) is 6. The SMILES string of the molecule is CC[C@H]1[C@@H](OC2=NC(C)(C)CC2)C[C@H]2[C@@H]3CC[C@H]4C[C@@H](OC(C)=O)CC[C@]4(C)[C@H]3C[C@@H](OC(C)=O)[C@@]21C. The van der Waals surface area contributed by atoms with E-state index in [1.165, 1.54) is 19.8 Å². The van der Waals surface area contributed by atoms with Gasteiger partial charge in [-0.3, -0.25) is 9.59 Å². The summed E-state index contributed by atoms with van der Waals surface area (Å²) in [4.78, 5) is 29.0. The molecule has 4 saturated carbocycles. The fraction of sp³-hybridized carbons (Fsp3) is 0.903. The summed E-state index contributed by atoms with van der Waals surface area (Å²) in [6, 6.07) is 0. The van der Waals surface area contributed by atoms with Crippen molar-refractivity contribution in [1.29, 1.82) is 0 Å². The summed E-state index contributed by atoms with van der Waals surface area (Å²) in [6.07, 6.45) is 10.5. The number of carbonyl (C=O) groups excluding carboxylic acids is 2. The predicted molar refractivity (Wildman–Crippen MR) is 143 cm³/mol. The van der Waals surface area contributed by atoms with E-state index in [1.54, 1.807) is 6.92 Å². The number of ether oxygens (including phenoxy) is 3. The monoisotopic (exact) mass is 515 g/mol. The Kier molecular flexibility index (Phi) is 6.97. The smallest absolute Gasteiger partial charge is 0.302 e. The van der Waals surface area contributed by atoms with Crippen LogP contribution in [0.1, 0.15) is 113 Å². The Hall–Kier alpha value is -1.59. The lowest BCUT2D eigenvalue weighted by Gasteiger charge is -2.62. The summed E-state index contributed by atoms with van der Waals surface area (Å²) in [5, 5.41) is 0. The highest BCUT2D eigenvalue weighted by molar-refractivity contribution is 5.78. The highest BCUT2D eigenvalue weighted by atomic mass is 16.5. The van der Waals surface area contributed by atoms with Gasteiger partial charge in [0, 0.05) is 31.6 Å². The lowest BCUT2D eigenvalue weighted by molar-refractivity contribution is -0.196. The molecule has 0 unspecified atom stereocenters. The van der Waals surface area contributed by atoms with Crippen LogP contribution in [-0.2, 0) is 23.8 Å². The second kappa shape index (κ2) is 9.55. The van der Waals surface area contributed by atoms with Crippen LogP contribution >= 0.6 is 0 Å². The van der Waals surface area contributed by atoms with E-state index < -0.39 is 0 Å². The molecule has 0 bridgehead atoms. The first kappa shape index (κ1) is 27.0. The molecule has 0 amide bonds. The predicted octanol–water partition coefficient (Wildman–Crippen LogP) is 6.49. The van der Waals surface area contributed by atoms with Gasteiger partial charge in [0.25, 0.3) is 0 Å². The first-order valence-corrected chi connectivity index (χ1v) is 15.0. The molecular weight excluding hydrogens is 466 g/mol. The second-order valence-corrected chi connectivity index (χ2v) is 14.1. The number of nitrogens with zero attached hydrogens (tertiary/aromatic N) is 1. The van der Waals surface area contributed by atoms with Gasteiger partial charge >= 0.3 is 11.9 Å². The van der Waals surface area contributed by atoms with Crippen LogP contribution in [0.25, 0.3) is 0 Å². The Morgan fingerprint density at radius 2 is 1.65 bits per heavy atom. The fourth-order valence-corrected chi connectivity index (χ4v) is 9.94. The van der Waals surface area contributed by atoms with Crippen LogP contribution in [0.15, 0.2) is 4.99 Å². The molecule has 0 aromatic rings. The van der Waals surface area contributed by atoms with Crippen molar-refractivity contribution in [2.24, 2.45) is 45.4 Å². The molecule has 6 heteroatoms. The van der Waals surface area contributed by atoms with E-state index in [9.17, 15) is 9.59 Å². The zero-order chi connectivity index (χ0) is 26.8. The van der Waals surface area contributed by atoms with Gasteiger partial charge in [-0.05, 0) is 101 Å². The van der Waals surface area contributed by atoms with E-state index in [2.05, 4.69) is 34.6 Å². The molecule has 10 atom stereocenters. The topological polar surface area (TPSA) is 74.2 Å². The maximum Gasteiger partial charge on any atom is 0.302 e. The maximum atomic E-state index is 12.4. The summed E-state index contributed by atoms with van der Waals surface area (Å²) in [7, 11) is 0. The minimum atomic E-state index is -0.166. The van der Waals surface area contributed by atoms with Gasteiger partial charge in [-0.1, -0.05) is 20.8 Å². The maximum absolute atomic E-state index is 12.4. The molecular formula is C31H49NO5. The summed E-state index contributed by atoms with van der Waals surface area (Å²) in [5.74, 6) is 3.11. The Morgan fingerprint density at radius 3 is 2.27 bits per heavy atom. The molecule has 208 valence electrons. The van der Waals surface area contributed by atoms with Gasteiger partial charge in [0.05, 0.1) is 5.54 Å². The quantitative estimate of drug-likeness (QED) is 0.400. The summed E-state index contributed by atoms with van der Waals surface area (Å²) in [5.41, 5.74) is 0.0776. The minimum absolute atomic E-state index is 0.0321. The number of carbonyl (C=O) groups is 2. The van der Waals surface area contributed by atoms with Gasteiger partial charge in [0.2, 0.25) is 0 Å². The average Bonchev–Trinajstić information content (AvgIpc) is 3.29. The number of rotatable bonds is 4. The van der Waals surface area contributed by atoms with E-state index in [0.717, 1.165) is 57.3 Å². The first-order valence-electron chi connectivity index (χ1n) is 15.0. The van der Waals surface area contributed by atoms with Gasteiger partial charge in [-0.2, -0.15) is 0 Å². The van der Waals surface area contributed by atoms with E-state index in [1.807, 2.05) is 0 Å². The van der Waals surface area contributed by atoms with Crippen molar-refractivity contribution in [3.05, 3.63) is 0 Å². The molecule has 4 aliphatic carbocycles. The van der Waals surface area contributed by atoms with Crippen LogP contribution in [0.2, 0.25) is 0 Å². The van der Waals surface area contributed by atoms with Crippen LogP contribution in [0.5, 0.6) is 0 Å². The van der Waals surface area contributed by atoms with Gasteiger partial charge in [0.15, 0.2) is 5.90 Å². The standard InChI is InChI=1S/C31H49NO5/c1-8-23-26(37-28-12-13-29(4,5)32-28)16-25-22-10-9-20-15-21(35-18(2)33)11-14-30(20,6)24(22)17-27(31(23,25)7)36-19(3)34/h20-27H,8-17H2,1-7H3/t20-,21-,22+,23-,24-,25-,26-,27+,30-,31+/m0/s1. The number of fused-ring (bicyclic) bond motifs is 5. The molecule has 6 nitrogen and oxygen atoms in total. The minimum Gasteiger partial charge on any atom is -0.477 e. The summed E-state index contributed by atoms with van der Waals surface area (Å²) >= 11 is 0. The van der Waals surface area contributed by atoms with Crippen LogP contribution in [0.3, 0.4) is 0 Å². The van der Waals surface area contributed by atoms with Crippen molar-refractivity contribution < 1.29 is 23.8 Å². The van der Waals surface area contributed by atoms with Gasteiger partial charge in [-0.25, -0.2) is 4.99 Å². The van der Waals surface area contributed by atoms with Crippen molar-refractivity contribution in [3.63, 3.8) is 0 Å².